The van der Waals surface area contributed by atoms with Gasteiger partial charge in [-0.1, -0.05) is 50.3 Å². The molecule has 2 rings (SSSR count). The van der Waals surface area contributed by atoms with Crippen molar-refractivity contribution in [3.63, 3.8) is 0 Å². The average molecular weight is 160 g/mol. The van der Waals surface area contributed by atoms with E-state index in [1.807, 2.05) is 0 Å². The van der Waals surface area contributed by atoms with Crippen molar-refractivity contribution in [1.29, 1.82) is 0 Å². The molecule has 3 unspecified atom stereocenters. The summed E-state index contributed by atoms with van der Waals surface area (Å²) in [5.74, 6) is 1.47. The van der Waals surface area contributed by atoms with Gasteiger partial charge in [0.15, 0.2) is 0 Å². The van der Waals surface area contributed by atoms with E-state index >= 15 is 0 Å². The van der Waals surface area contributed by atoms with Crippen molar-refractivity contribution in [2.24, 2.45) is 17.3 Å². The Hall–Kier alpha value is -0.780. The van der Waals surface area contributed by atoms with Crippen LogP contribution >= 0.6 is 0 Å². The fourth-order valence-corrected chi connectivity index (χ4v) is 2.15. The third-order valence-electron chi connectivity index (χ3n) is 3.12. The summed E-state index contributed by atoms with van der Waals surface area (Å²) in [7, 11) is 0. The number of allylic oxidation sites excluding steroid dienone is 6. The molecule has 0 amide bonds. The van der Waals surface area contributed by atoms with Crippen molar-refractivity contribution in [3.05, 3.63) is 36.5 Å². The predicted molar refractivity (Wildman–Crippen MR) is 52.8 cm³/mol. The standard InChI is InChI=1S/C12H16/c1-10-6-8-12(2)7-4-3-5-11(12)9-10/h3-8,10-11H,9H2,1-2H3. The summed E-state index contributed by atoms with van der Waals surface area (Å²) in [5, 5.41) is 0. The van der Waals surface area contributed by atoms with Gasteiger partial charge in [0.05, 0.1) is 0 Å². The highest BCUT2D eigenvalue weighted by Crippen LogP contribution is 2.42. The van der Waals surface area contributed by atoms with Crippen LogP contribution in [0.25, 0.3) is 0 Å². The van der Waals surface area contributed by atoms with Gasteiger partial charge < -0.3 is 0 Å². The predicted octanol–water partition coefficient (Wildman–Crippen LogP) is 3.33. The van der Waals surface area contributed by atoms with Crippen LogP contribution in [0.5, 0.6) is 0 Å². The fraction of sp³-hybridized carbons (Fsp3) is 0.500. The lowest BCUT2D eigenvalue weighted by atomic mass is 9.67. The maximum Gasteiger partial charge on any atom is 0.00988 e. The average Bonchev–Trinajstić information content (AvgIpc) is 2.06. The van der Waals surface area contributed by atoms with Gasteiger partial charge in [0.1, 0.15) is 0 Å². The van der Waals surface area contributed by atoms with Crippen LogP contribution < -0.4 is 0 Å². The smallest absolute Gasteiger partial charge is 0.00988 e. The van der Waals surface area contributed by atoms with Crippen LogP contribution in [0, 0.1) is 17.3 Å². The summed E-state index contributed by atoms with van der Waals surface area (Å²) < 4.78 is 0. The van der Waals surface area contributed by atoms with Crippen LogP contribution in [0.15, 0.2) is 36.5 Å². The Morgan fingerprint density at radius 3 is 2.83 bits per heavy atom. The molecule has 3 atom stereocenters. The van der Waals surface area contributed by atoms with E-state index in [9.17, 15) is 0 Å². The topological polar surface area (TPSA) is 0 Å². The normalized spacial score (nSPS) is 44.5. The lowest BCUT2D eigenvalue weighted by Gasteiger charge is -2.37. The molecule has 0 aromatic carbocycles. The summed E-state index contributed by atoms with van der Waals surface area (Å²) in [4.78, 5) is 0. The monoisotopic (exact) mass is 160 g/mol. The van der Waals surface area contributed by atoms with E-state index in [1.165, 1.54) is 6.42 Å². The SMILES string of the molecule is CC1C=CC2(C)C=CC=CC2C1. The molecular formula is C12H16. The minimum atomic E-state index is 0.307. The highest BCUT2D eigenvalue weighted by molar-refractivity contribution is 5.27. The molecule has 0 saturated carbocycles. The van der Waals surface area contributed by atoms with Crippen molar-refractivity contribution in [3.8, 4) is 0 Å². The lowest BCUT2D eigenvalue weighted by Crippen LogP contribution is -2.27. The molecule has 0 heteroatoms. The van der Waals surface area contributed by atoms with Crippen LogP contribution in [0.3, 0.4) is 0 Å². The molecular weight excluding hydrogens is 144 g/mol. The molecule has 0 saturated heterocycles. The molecule has 0 spiro atoms. The summed E-state index contributed by atoms with van der Waals surface area (Å²) in [6, 6.07) is 0. The Balaban J connectivity index is 2.32. The number of rotatable bonds is 0. The molecule has 64 valence electrons. The van der Waals surface area contributed by atoms with E-state index in [0.717, 1.165) is 11.8 Å². The Kier molecular flexibility index (Phi) is 1.71. The Morgan fingerprint density at radius 2 is 2.00 bits per heavy atom. The summed E-state index contributed by atoms with van der Waals surface area (Å²) in [5.41, 5.74) is 0.307. The Bertz CT molecular complexity index is 257. The van der Waals surface area contributed by atoms with Gasteiger partial charge in [-0.3, -0.25) is 0 Å². The van der Waals surface area contributed by atoms with E-state index in [1.54, 1.807) is 0 Å². The van der Waals surface area contributed by atoms with Gasteiger partial charge in [0.25, 0.3) is 0 Å². The third kappa shape index (κ3) is 1.16. The molecule has 0 aliphatic heterocycles. The van der Waals surface area contributed by atoms with Gasteiger partial charge in [0, 0.05) is 5.41 Å². The van der Waals surface area contributed by atoms with E-state index in [-0.39, 0.29) is 0 Å². The van der Waals surface area contributed by atoms with Crippen LogP contribution in [-0.2, 0) is 0 Å². The van der Waals surface area contributed by atoms with Gasteiger partial charge in [-0.2, -0.15) is 0 Å². The zero-order valence-corrected chi connectivity index (χ0v) is 7.83. The fourth-order valence-electron chi connectivity index (χ4n) is 2.15. The third-order valence-corrected chi connectivity index (χ3v) is 3.12. The van der Waals surface area contributed by atoms with E-state index in [4.69, 9.17) is 0 Å². The zero-order chi connectivity index (χ0) is 8.60. The highest BCUT2D eigenvalue weighted by Gasteiger charge is 2.32. The minimum absolute atomic E-state index is 0.307. The first kappa shape index (κ1) is 7.85. The second-order valence-electron chi connectivity index (χ2n) is 4.29. The summed E-state index contributed by atoms with van der Waals surface area (Å²) >= 11 is 0. The first-order chi connectivity index (χ1) is 5.71. The number of fused-ring (bicyclic) bond motifs is 1. The van der Waals surface area contributed by atoms with Crippen LogP contribution in [0.1, 0.15) is 20.3 Å². The molecule has 0 aromatic rings. The van der Waals surface area contributed by atoms with Gasteiger partial charge in [0.2, 0.25) is 0 Å². The molecule has 12 heavy (non-hydrogen) atoms. The Morgan fingerprint density at radius 1 is 1.17 bits per heavy atom. The van der Waals surface area contributed by atoms with Crippen LogP contribution in [-0.4, -0.2) is 0 Å². The zero-order valence-electron chi connectivity index (χ0n) is 7.83. The van der Waals surface area contributed by atoms with Crippen molar-refractivity contribution >= 4 is 0 Å². The van der Waals surface area contributed by atoms with Gasteiger partial charge in [-0.25, -0.2) is 0 Å². The van der Waals surface area contributed by atoms with Gasteiger partial charge >= 0.3 is 0 Å². The maximum atomic E-state index is 2.37. The van der Waals surface area contributed by atoms with Gasteiger partial charge in [-0.15, -0.1) is 0 Å². The van der Waals surface area contributed by atoms with Crippen molar-refractivity contribution in [1.82, 2.24) is 0 Å². The first-order valence-corrected chi connectivity index (χ1v) is 4.76. The summed E-state index contributed by atoms with van der Waals surface area (Å²) in [6.07, 6.45) is 15.0. The molecule has 0 aromatic heterocycles. The molecule has 0 nitrogen and oxygen atoms in total. The largest absolute Gasteiger partial charge is 0.0848 e. The van der Waals surface area contributed by atoms with Crippen LogP contribution in [0.2, 0.25) is 0 Å². The molecule has 0 bridgehead atoms. The van der Waals surface area contributed by atoms with Crippen LogP contribution in [0.4, 0.5) is 0 Å². The highest BCUT2D eigenvalue weighted by atomic mass is 14.4. The van der Waals surface area contributed by atoms with E-state index in [2.05, 4.69) is 50.3 Å². The molecule has 0 N–H and O–H groups in total. The minimum Gasteiger partial charge on any atom is -0.0848 e. The number of hydrogen-bond donors (Lipinski definition) is 0. The Labute approximate surface area is 74.7 Å². The first-order valence-electron chi connectivity index (χ1n) is 4.76. The number of hydrogen-bond acceptors (Lipinski definition) is 0. The van der Waals surface area contributed by atoms with Crippen molar-refractivity contribution in [2.45, 2.75) is 20.3 Å². The molecule has 0 heterocycles. The van der Waals surface area contributed by atoms with Gasteiger partial charge in [-0.05, 0) is 18.3 Å². The second-order valence-corrected chi connectivity index (χ2v) is 4.29. The maximum absolute atomic E-state index is 2.37. The van der Waals surface area contributed by atoms with E-state index < -0.39 is 0 Å². The summed E-state index contributed by atoms with van der Waals surface area (Å²) in [6.45, 7) is 4.61. The second kappa shape index (κ2) is 2.62. The lowest BCUT2D eigenvalue weighted by molar-refractivity contribution is 0.315. The van der Waals surface area contributed by atoms with Crippen molar-refractivity contribution in [2.75, 3.05) is 0 Å². The molecule has 0 radical (unpaired) electrons. The molecule has 0 fully saturated rings. The van der Waals surface area contributed by atoms with Crippen molar-refractivity contribution < 1.29 is 0 Å². The molecule has 2 aliphatic carbocycles. The van der Waals surface area contributed by atoms with E-state index in [0.29, 0.717) is 5.41 Å². The quantitative estimate of drug-likeness (QED) is 0.477. The molecule has 2 aliphatic rings.